The first-order valence-electron chi connectivity index (χ1n) is 5.53. The Morgan fingerprint density at radius 3 is 2.82 bits per heavy atom. The van der Waals surface area contributed by atoms with Crippen LogP contribution in [0.2, 0.25) is 0 Å². The van der Waals surface area contributed by atoms with Crippen LogP contribution >= 0.6 is 0 Å². The predicted molar refractivity (Wildman–Crippen MR) is 62.9 cm³/mol. The van der Waals surface area contributed by atoms with Crippen LogP contribution < -0.4 is 0 Å². The van der Waals surface area contributed by atoms with Gasteiger partial charge in [-0.25, -0.2) is 4.79 Å². The number of carbonyl (C=O) groups is 1. The zero-order valence-corrected chi connectivity index (χ0v) is 10.2. The van der Waals surface area contributed by atoms with Crippen LogP contribution in [0.25, 0.3) is 5.65 Å². The summed E-state index contributed by atoms with van der Waals surface area (Å²) in [5.41, 5.74) is 1.25. The molecule has 0 saturated heterocycles. The van der Waals surface area contributed by atoms with Gasteiger partial charge in [-0.1, -0.05) is 13.8 Å². The molecule has 0 bridgehead atoms. The number of nitrogens with zero attached hydrogens (tertiary/aromatic N) is 3. The third kappa shape index (κ3) is 2.27. The van der Waals surface area contributed by atoms with Crippen molar-refractivity contribution < 1.29 is 9.53 Å². The standard InChI is InChI=1S/C12H15N3O2/c1-8(2)6-11-14-13-10-5-4-9(7-15(10)11)12(16)17-3/h4-5,7-8H,6H2,1-3H3. The van der Waals surface area contributed by atoms with Crippen LogP contribution in [0.4, 0.5) is 0 Å². The van der Waals surface area contributed by atoms with Crippen LogP contribution in [-0.4, -0.2) is 27.7 Å². The molecular weight excluding hydrogens is 218 g/mol. The predicted octanol–water partition coefficient (Wildman–Crippen LogP) is 1.71. The Morgan fingerprint density at radius 2 is 2.18 bits per heavy atom. The number of ether oxygens (including phenoxy) is 1. The van der Waals surface area contributed by atoms with Crippen molar-refractivity contribution in [3.8, 4) is 0 Å². The molecule has 0 spiro atoms. The Kier molecular flexibility index (Phi) is 3.08. The monoisotopic (exact) mass is 233 g/mol. The van der Waals surface area contributed by atoms with Gasteiger partial charge < -0.3 is 4.74 Å². The van der Waals surface area contributed by atoms with Gasteiger partial charge in [0.25, 0.3) is 0 Å². The van der Waals surface area contributed by atoms with Crippen LogP contribution in [0, 0.1) is 5.92 Å². The fraction of sp³-hybridized carbons (Fsp3) is 0.417. The Balaban J connectivity index is 2.46. The van der Waals surface area contributed by atoms with Gasteiger partial charge in [0, 0.05) is 12.6 Å². The van der Waals surface area contributed by atoms with Gasteiger partial charge >= 0.3 is 5.97 Å². The molecule has 2 heterocycles. The van der Waals surface area contributed by atoms with E-state index in [4.69, 9.17) is 0 Å². The van der Waals surface area contributed by atoms with Crippen molar-refractivity contribution in [1.29, 1.82) is 0 Å². The van der Waals surface area contributed by atoms with Crippen LogP contribution in [0.5, 0.6) is 0 Å². The van der Waals surface area contributed by atoms with E-state index < -0.39 is 0 Å². The molecule has 0 fully saturated rings. The summed E-state index contributed by atoms with van der Waals surface area (Å²) in [7, 11) is 1.37. The van der Waals surface area contributed by atoms with E-state index in [1.165, 1.54) is 7.11 Å². The fourth-order valence-electron chi connectivity index (χ4n) is 1.68. The lowest BCUT2D eigenvalue weighted by Gasteiger charge is -2.04. The van der Waals surface area contributed by atoms with E-state index in [2.05, 4.69) is 28.8 Å². The highest BCUT2D eigenvalue weighted by Gasteiger charge is 2.11. The van der Waals surface area contributed by atoms with E-state index in [1.807, 2.05) is 4.40 Å². The van der Waals surface area contributed by atoms with Crippen molar-refractivity contribution in [2.75, 3.05) is 7.11 Å². The SMILES string of the molecule is COC(=O)c1ccc2nnc(CC(C)C)n2c1. The van der Waals surface area contributed by atoms with Gasteiger partial charge in [-0.15, -0.1) is 10.2 Å². The number of carbonyl (C=O) groups excluding carboxylic acids is 1. The highest BCUT2D eigenvalue weighted by molar-refractivity contribution is 5.89. The average molecular weight is 233 g/mol. The molecule has 5 heteroatoms. The lowest BCUT2D eigenvalue weighted by molar-refractivity contribution is 0.0600. The second-order valence-corrected chi connectivity index (χ2v) is 4.35. The van der Waals surface area contributed by atoms with Crippen molar-refractivity contribution >= 4 is 11.6 Å². The maximum atomic E-state index is 11.4. The number of hydrogen-bond donors (Lipinski definition) is 0. The summed E-state index contributed by atoms with van der Waals surface area (Å²) in [6.45, 7) is 4.23. The third-order valence-corrected chi connectivity index (χ3v) is 2.48. The van der Waals surface area contributed by atoms with E-state index in [1.54, 1.807) is 18.3 Å². The maximum absolute atomic E-state index is 11.4. The number of fused-ring (bicyclic) bond motifs is 1. The number of hydrogen-bond acceptors (Lipinski definition) is 4. The Labute approximate surface area is 99.4 Å². The number of aromatic nitrogens is 3. The first-order chi connectivity index (χ1) is 8.11. The van der Waals surface area contributed by atoms with Crippen molar-refractivity contribution in [3.63, 3.8) is 0 Å². The van der Waals surface area contributed by atoms with Crippen molar-refractivity contribution in [2.24, 2.45) is 5.92 Å². The quantitative estimate of drug-likeness (QED) is 0.757. The molecule has 0 aromatic carbocycles. The lowest BCUT2D eigenvalue weighted by atomic mass is 10.1. The van der Waals surface area contributed by atoms with Gasteiger partial charge in [-0.05, 0) is 18.1 Å². The van der Waals surface area contributed by atoms with Crippen LogP contribution in [-0.2, 0) is 11.2 Å². The topological polar surface area (TPSA) is 56.5 Å². The van der Waals surface area contributed by atoms with E-state index in [-0.39, 0.29) is 5.97 Å². The van der Waals surface area contributed by atoms with Crippen LogP contribution in [0.3, 0.4) is 0 Å². The number of esters is 1. The Bertz CT molecular complexity index is 546. The molecule has 0 amide bonds. The largest absolute Gasteiger partial charge is 0.465 e. The van der Waals surface area contributed by atoms with Crippen LogP contribution in [0.15, 0.2) is 18.3 Å². The summed E-state index contributed by atoms with van der Waals surface area (Å²) in [6.07, 6.45) is 2.55. The minimum Gasteiger partial charge on any atom is -0.465 e. The first-order valence-corrected chi connectivity index (χ1v) is 5.53. The maximum Gasteiger partial charge on any atom is 0.339 e. The summed E-state index contributed by atoms with van der Waals surface area (Å²) in [5, 5.41) is 8.18. The van der Waals surface area contributed by atoms with E-state index in [9.17, 15) is 4.79 Å². The van der Waals surface area contributed by atoms with Gasteiger partial charge in [-0.3, -0.25) is 4.40 Å². The van der Waals surface area contributed by atoms with E-state index in [0.29, 0.717) is 11.5 Å². The van der Waals surface area contributed by atoms with Crippen LogP contribution in [0.1, 0.15) is 30.0 Å². The van der Waals surface area contributed by atoms with Crippen molar-refractivity contribution in [1.82, 2.24) is 14.6 Å². The molecule has 0 atom stereocenters. The molecule has 2 aromatic heterocycles. The summed E-state index contributed by atoms with van der Waals surface area (Å²) in [4.78, 5) is 11.4. The normalized spacial score (nSPS) is 11.1. The molecule has 0 aliphatic heterocycles. The van der Waals surface area contributed by atoms with Gasteiger partial charge in [0.15, 0.2) is 5.65 Å². The zero-order chi connectivity index (χ0) is 12.4. The highest BCUT2D eigenvalue weighted by atomic mass is 16.5. The lowest BCUT2D eigenvalue weighted by Crippen LogP contribution is -2.05. The fourth-order valence-corrected chi connectivity index (χ4v) is 1.68. The second-order valence-electron chi connectivity index (χ2n) is 4.35. The van der Waals surface area contributed by atoms with Gasteiger partial charge in [0.1, 0.15) is 5.82 Å². The summed E-state index contributed by atoms with van der Waals surface area (Å²) in [5.74, 6) is 1.00. The number of methoxy groups -OCH3 is 1. The van der Waals surface area contributed by atoms with Gasteiger partial charge in [-0.2, -0.15) is 0 Å². The first kappa shape index (κ1) is 11.6. The molecule has 2 rings (SSSR count). The molecule has 0 aliphatic carbocycles. The van der Waals surface area contributed by atoms with E-state index in [0.717, 1.165) is 17.9 Å². The Hall–Kier alpha value is -1.91. The van der Waals surface area contributed by atoms with E-state index >= 15 is 0 Å². The highest BCUT2D eigenvalue weighted by Crippen LogP contribution is 2.11. The smallest absolute Gasteiger partial charge is 0.339 e. The summed E-state index contributed by atoms with van der Waals surface area (Å²) in [6, 6.07) is 3.46. The summed E-state index contributed by atoms with van der Waals surface area (Å²) < 4.78 is 6.53. The molecule has 90 valence electrons. The minimum atomic E-state index is -0.351. The van der Waals surface area contributed by atoms with Gasteiger partial charge in [0.2, 0.25) is 0 Å². The molecule has 2 aromatic rings. The molecule has 0 N–H and O–H groups in total. The van der Waals surface area contributed by atoms with Crippen molar-refractivity contribution in [3.05, 3.63) is 29.7 Å². The Morgan fingerprint density at radius 1 is 1.41 bits per heavy atom. The minimum absolute atomic E-state index is 0.351. The summed E-state index contributed by atoms with van der Waals surface area (Å²) >= 11 is 0. The molecule has 17 heavy (non-hydrogen) atoms. The molecule has 0 radical (unpaired) electrons. The molecule has 0 unspecified atom stereocenters. The second kappa shape index (κ2) is 4.53. The molecule has 5 nitrogen and oxygen atoms in total. The molecule has 0 saturated carbocycles. The van der Waals surface area contributed by atoms with Gasteiger partial charge in [0.05, 0.1) is 12.7 Å². The molecule has 0 aliphatic rings. The molecular formula is C12H15N3O2. The average Bonchev–Trinajstić information content (AvgIpc) is 2.70. The number of rotatable bonds is 3. The number of pyridine rings is 1. The van der Waals surface area contributed by atoms with Crippen molar-refractivity contribution in [2.45, 2.75) is 20.3 Å². The zero-order valence-electron chi connectivity index (χ0n) is 10.2. The third-order valence-electron chi connectivity index (χ3n) is 2.48.